The summed E-state index contributed by atoms with van der Waals surface area (Å²) in [5.41, 5.74) is 1.33. The standard InChI is InChI=1S/C12H15FN2O/c1-15(2)6-5-8-7-14-12-9(13)3-4-10(16)11(8)12/h3-4,7,14,16H,5-6H2,1-2H3. The van der Waals surface area contributed by atoms with Crippen molar-refractivity contribution in [3.8, 4) is 5.75 Å². The predicted molar refractivity (Wildman–Crippen MR) is 62.2 cm³/mol. The van der Waals surface area contributed by atoms with Crippen molar-refractivity contribution in [1.82, 2.24) is 9.88 Å². The Morgan fingerprint density at radius 1 is 1.38 bits per heavy atom. The number of nitrogens with zero attached hydrogens (tertiary/aromatic N) is 1. The minimum atomic E-state index is -0.330. The van der Waals surface area contributed by atoms with E-state index in [1.165, 1.54) is 12.1 Å². The second-order valence-corrected chi connectivity index (χ2v) is 4.18. The van der Waals surface area contributed by atoms with E-state index in [0.29, 0.717) is 10.9 Å². The van der Waals surface area contributed by atoms with E-state index in [1.807, 2.05) is 14.1 Å². The van der Waals surface area contributed by atoms with Gasteiger partial charge in [-0.2, -0.15) is 0 Å². The number of rotatable bonds is 3. The summed E-state index contributed by atoms with van der Waals surface area (Å²) in [5, 5.41) is 10.3. The SMILES string of the molecule is CN(C)CCc1c[nH]c2c(F)ccc(O)c12. The molecule has 0 aliphatic rings. The average Bonchev–Trinajstić information content (AvgIpc) is 2.65. The minimum absolute atomic E-state index is 0.131. The Morgan fingerprint density at radius 2 is 2.12 bits per heavy atom. The zero-order chi connectivity index (χ0) is 11.7. The van der Waals surface area contributed by atoms with E-state index in [0.717, 1.165) is 18.5 Å². The van der Waals surface area contributed by atoms with Crippen LogP contribution < -0.4 is 0 Å². The van der Waals surface area contributed by atoms with Gasteiger partial charge in [0.05, 0.1) is 5.52 Å². The van der Waals surface area contributed by atoms with Gasteiger partial charge in [0.15, 0.2) is 0 Å². The zero-order valence-corrected chi connectivity index (χ0v) is 9.42. The van der Waals surface area contributed by atoms with Gasteiger partial charge in [0.2, 0.25) is 0 Å². The molecule has 0 bridgehead atoms. The largest absolute Gasteiger partial charge is 0.507 e. The number of hydrogen-bond acceptors (Lipinski definition) is 2. The first kappa shape index (κ1) is 11.0. The molecule has 86 valence electrons. The van der Waals surface area contributed by atoms with Crippen LogP contribution in [-0.2, 0) is 6.42 Å². The monoisotopic (exact) mass is 222 g/mol. The van der Waals surface area contributed by atoms with Crippen molar-refractivity contribution in [1.29, 1.82) is 0 Å². The maximum atomic E-state index is 13.4. The number of likely N-dealkylation sites (N-methyl/N-ethyl adjacent to an activating group) is 1. The molecule has 2 N–H and O–H groups in total. The number of fused-ring (bicyclic) bond motifs is 1. The van der Waals surface area contributed by atoms with E-state index < -0.39 is 0 Å². The number of phenols is 1. The average molecular weight is 222 g/mol. The highest BCUT2D eigenvalue weighted by Crippen LogP contribution is 2.29. The van der Waals surface area contributed by atoms with Crippen molar-refractivity contribution < 1.29 is 9.50 Å². The van der Waals surface area contributed by atoms with Gasteiger partial charge in [-0.1, -0.05) is 0 Å². The third-order valence-electron chi connectivity index (χ3n) is 2.67. The fourth-order valence-corrected chi connectivity index (χ4v) is 1.81. The number of aromatic hydroxyl groups is 1. The molecule has 3 nitrogen and oxygen atoms in total. The lowest BCUT2D eigenvalue weighted by Gasteiger charge is -2.08. The molecular weight excluding hydrogens is 207 g/mol. The van der Waals surface area contributed by atoms with E-state index in [9.17, 15) is 9.50 Å². The van der Waals surface area contributed by atoms with Gasteiger partial charge in [-0.05, 0) is 38.2 Å². The predicted octanol–water partition coefficient (Wildman–Crippen LogP) is 2.12. The molecule has 0 radical (unpaired) electrons. The van der Waals surface area contributed by atoms with Crippen LogP contribution in [0.2, 0.25) is 0 Å². The Bertz CT molecular complexity index is 505. The number of aromatic nitrogens is 1. The first-order chi connectivity index (χ1) is 7.59. The molecule has 4 heteroatoms. The Labute approximate surface area is 93.5 Å². The molecule has 0 atom stereocenters. The van der Waals surface area contributed by atoms with Gasteiger partial charge in [-0.25, -0.2) is 4.39 Å². The van der Waals surface area contributed by atoms with Crippen LogP contribution >= 0.6 is 0 Å². The number of aromatic amines is 1. The third-order valence-corrected chi connectivity index (χ3v) is 2.67. The number of nitrogens with one attached hydrogen (secondary N) is 1. The maximum absolute atomic E-state index is 13.4. The van der Waals surface area contributed by atoms with Crippen LogP contribution in [0.15, 0.2) is 18.3 Å². The van der Waals surface area contributed by atoms with Crippen molar-refractivity contribution in [2.75, 3.05) is 20.6 Å². The van der Waals surface area contributed by atoms with Crippen molar-refractivity contribution in [3.05, 3.63) is 29.7 Å². The summed E-state index contributed by atoms with van der Waals surface area (Å²) in [6.45, 7) is 0.864. The van der Waals surface area contributed by atoms with Gasteiger partial charge in [0.1, 0.15) is 11.6 Å². The van der Waals surface area contributed by atoms with Crippen LogP contribution in [-0.4, -0.2) is 35.6 Å². The van der Waals surface area contributed by atoms with Gasteiger partial charge >= 0.3 is 0 Å². The Balaban J connectivity index is 2.43. The van der Waals surface area contributed by atoms with Gasteiger partial charge in [-0.3, -0.25) is 0 Å². The lowest BCUT2D eigenvalue weighted by Crippen LogP contribution is -2.14. The van der Waals surface area contributed by atoms with Gasteiger partial charge in [0, 0.05) is 18.1 Å². The highest BCUT2D eigenvalue weighted by molar-refractivity contribution is 5.89. The molecule has 0 unspecified atom stereocenters. The smallest absolute Gasteiger partial charge is 0.147 e. The summed E-state index contributed by atoms with van der Waals surface area (Å²) >= 11 is 0. The molecule has 0 saturated carbocycles. The van der Waals surface area contributed by atoms with Crippen LogP contribution in [0.4, 0.5) is 4.39 Å². The maximum Gasteiger partial charge on any atom is 0.147 e. The van der Waals surface area contributed by atoms with Crippen molar-refractivity contribution >= 4 is 10.9 Å². The van der Waals surface area contributed by atoms with Crippen LogP contribution in [0.1, 0.15) is 5.56 Å². The van der Waals surface area contributed by atoms with E-state index in [1.54, 1.807) is 6.20 Å². The normalized spacial score (nSPS) is 11.5. The molecule has 2 rings (SSSR count). The number of halogens is 1. The number of phenolic OH excluding ortho intramolecular Hbond substituents is 1. The summed E-state index contributed by atoms with van der Waals surface area (Å²) in [6, 6.07) is 2.66. The first-order valence-electron chi connectivity index (χ1n) is 5.21. The van der Waals surface area contributed by atoms with Gasteiger partial charge in [-0.15, -0.1) is 0 Å². The van der Waals surface area contributed by atoms with Crippen molar-refractivity contribution in [2.45, 2.75) is 6.42 Å². The molecule has 0 fully saturated rings. The second-order valence-electron chi connectivity index (χ2n) is 4.18. The molecule has 0 aliphatic heterocycles. The molecule has 0 aliphatic carbocycles. The molecule has 0 saturated heterocycles. The number of benzene rings is 1. The minimum Gasteiger partial charge on any atom is -0.507 e. The Hall–Kier alpha value is -1.55. The van der Waals surface area contributed by atoms with Gasteiger partial charge in [0.25, 0.3) is 0 Å². The summed E-state index contributed by atoms with van der Waals surface area (Å²) in [5.74, 6) is -0.199. The highest BCUT2D eigenvalue weighted by Gasteiger charge is 2.11. The van der Waals surface area contributed by atoms with Crippen LogP contribution in [0.5, 0.6) is 5.75 Å². The van der Waals surface area contributed by atoms with Gasteiger partial charge < -0.3 is 15.0 Å². The molecular formula is C12H15FN2O. The highest BCUT2D eigenvalue weighted by atomic mass is 19.1. The zero-order valence-electron chi connectivity index (χ0n) is 9.42. The van der Waals surface area contributed by atoms with Crippen molar-refractivity contribution in [3.63, 3.8) is 0 Å². The number of hydrogen-bond donors (Lipinski definition) is 2. The van der Waals surface area contributed by atoms with Crippen LogP contribution in [0, 0.1) is 5.82 Å². The fraction of sp³-hybridized carbons (Fsp3) is 0.333. The first-order valence-corrected chi connectivity index (χ1v) is 5.21. The number of H-pyrrole nitrogens is 1. The Morgan fingerprint density at radius 3 is 2.81 bits per heavy atom. The molecule has 0 spiro atoms. The molecule has 1 aromatic heterocycles. The summed E-state index contributed by atoms with van der Waals surface area (Å²) in [4.78, 5) is 4.92. The lowest BCUT2D eigenvalue weighted by molar-refractivity contribution is 0.414. The van der Waals surface area contributed by atoms with Crippen LogP contribution in [0.3, 0.4) is 0 Å². The fourth-order valence-electron chi connectivity index (χ4n) is 1.81. The topological polar surface area (TPSA) is 39.3 Å². The van der Waals surface area contributed by atoms with E-state index in [-0.39, 0.29) is 11.6 Å². The third kappa shape index (κ3) is 1.88. The lowest BCUT2D eigenvalue weighted by atomic mass is 10.1. The summed E-state index contributed by atoms with van der Waals surface area (Å²) in [6.07, 6.45) is 2.54. The second kappa shape index (κ2) is 4.14. The molecule has 16 heavy (non-hydrogen) atoms. The van der Waals surface area contributed by atoms with E-state index in [4.69, 9.17) is 0 Å². The molecule has 0 amide bonds. The summed E-state index contributed by atoms with van der Waals surface area (Å²) in [7, 11) is 3.96. The molecule has 1 heterocycles. The molecule has 2 aromatic rings. The van der Waals surface area contributed by atoms with Crippen LogP contribution in [0.25, 0.3) is 10.9 Å². The quantitative estimate of drug-likeness (QED) is 0.835. The Kier molecular flexibility index (Phi) is 2.83. The van der Waals surface area contributed by atoms with Crippen molar-refractivity contribution in [2.24, 2.45) is 0 Å². The summed E-state index contributed by atoms with van der Waals surface area (Å²) < 4.78 is 13.4. The molecule has 1 aromatic carbocycles. The van der Waals surface area contributed by atoms with E-state index in [2.05, 4.69) is 9.88 Å². The van der Waals surface area contributed by atoms with E-state index >= 15 is 0 Å².